The summed E-state index contributed by atoms with van der Waals surface area (Å²) in [4.78, 5) is 11.9. The summed E-state index contributed by atoms with van der Waals surface area (Å²) in [6.07, 6.45) is 8.12. The van der Waals surface area contributed by atoms with E-state index in [1.54, 1.807) is 0 Å². The highest BCUT2D eigenvalue weighted by Crippen LogP contribution is 2.27. The van der Waals surface area contributed by atoms with Gasteiger partial charge in [-0.25, -0.2) is 0 Å². The number of piperidine rings is 1. The Labute approximate surface area is 132 Å². The fourth-order valence-corrected chi connectivity index (χ4v) is 3.20. The zero-order chi connectivity index (χ0) is 15.5. The summed E-state index contributed by atoms with van der Waals surface area (Å²) >= 11 is 0. The van der Waals surface area contributed by atoms with Gasteiger partial charge in [0.05, 0.1) is 17.6 Å². The minimum absolute atomic E-state index is 0.508. The van der Waals surface area contributed by atoms with Crippen molar-refractivity contribution in [3.05, 3.63) is 30.4 Å². The lowest BCUT2D eigenvalue weighted by Crippen LogP contribution is -2.39. The summed E-state index contributed by atoms with van der Waals surface area (Å²) in [5, 5.41) is 4.29. The molecule has 0 spiro atoms. The van der Waals surface area contributed by atoms with Crippen LogP contribution in [-0.4, -0.2) is 43.8 Å². The van der Waals surface area contributed by atoms with E-state index < -0.39 is 0 Å². The van der Waals surface area contributed by atoms with Crippen molar-refractivity contribution in [2.24, 2.45) is 0 Å². The minimum atomic E-state index is 0.508. The van der Waals surface area contributed by atoms with E-state index in [1.807, 2.05) is 29.3 Å². The Hall–Kier alpha value is -1.75. The van der Waals surface area contributed by atoms with Crippen LogP contribution < -0.4 is 0 Å². The number of aryl methyl sites for hydroxylation is 1. The molecule has 22 heavy (non-hydrogen) atoms. The van der Waals surface area contributed by atoms with Gasteiger partial charge in [-0.1, -0.05) is 0 Å². The van der Waals surface area contributed by atoms with Crippen LogP contribution in [0.4, 0.5) is 0 Å². The summed E-state index contributed by atoms with van der Waals surface area (Å²) in [5.41, 5.74) is 3.06. The van der Waals surface area contributed by atoms with Crippen LogP contribution in [0.2, 0.25) is 0 Å². The lowest BCUT2D eigenvalue weighted by molar-refractivity contribution is 0.166. The van der Waals surface area contributed by atoms with Gasteiger partial charge in [-0.3, -0.25) is 14.6 Å². The highest BCUT2D eigenvalue weighted by Gasteiger charge is 2.24. The Morgan fingerprint density at radius 1 is 1.27 bits per heavy atom. The first-order valence-electron chi connectivity index (χ1n) is 8.27. The number of nitrogens with zero attached hydrogens (tertiary/aromatic N) is 5. The van der Waals surface area contributed by atoms with E-state index in [0.29, 0.717) is 12.0 Å². The van der Waals surface area contributed by atoms with Gasteiger partial charge in [0.1, 0.15) is 5.69 Å². The summed E-state index contributed by atoms with van der Waals surface area (Å²) in [6.45, 7) is 9.76. The van der Waals surface area contributed by atoms with Gasteiger partial charge in [0, 0.05) is 37.4 Å². The molecule has 0 N–H and O–H groups in total. The van der Waals surface area contributed by atoms with E-state index in [0.717, 1.165) is 30.2 Å². The Morgan fingerprint density at radius 2 is 2.14 bits per heavy atom. The first-order valence-corrected chi connectivity index (χ1v) is 8.27. The molecule has 1 aliphatic heterocycles. The molecule has 0 unspecified atom stereocenters. The lowest BCUT2D eigenvalue weighted by Gasteiger charge is -2.35. The van der Waals surface area contributed by atoms with Crippen LogP contribution in [0.3, 0.4) is 0 Å². The average molecular weight is 299 g/mol. The third-order valence-corrected chi connectivity index (χ3v) is 4.55. The molecule has 1 saturated heterocycles. The van der Waals surface area contributed by atoms with Gasteiger partial charge < -0.3 is 4.90 Å². The fourth-order valence-electron chi connectivity index (χ4n) is 3.20. The van der Waals surface area contributed by atoms with E-state index >= 15 is 0 Å². The van der Waals surface area contributed by atoms with Gasteiger partial charge in [-0.15, -0.1) is 0 Å². The molecule has 0 amide bonds. The third-order valence-electron chi connectivity index (χ3n) is 4.55. The quantitative estimate of drug-likeness (QED) is 0.871. The van der Waals surface area contributed by atoms with E-state index in [1.165, 1.54) is 19.4 Å². The zero-order valence-electron chi connectivity index (χ0n) is 13.7. The van der Waals surface area contributed by atoms with Crippen LogP contribution in [0.25, 0.3) is 11.4 Å². The van der Waals surface area contributed by atoms with E-state index in [-0.39, 0.29) is 0 Å². The molecule has 1 fully saturated rings. The first kappa shape index (κ1) is 15.2. The van der Waals surface area contributed by atoms with E-state index in [2.05, 4.69) is 35.8 Å². The largest absolute Gasteiger partial charge is 0.300 e. The molecule has 2 aromatic heterocycles. The summed E-state index contributed by atoms with van der Waals surface area (Å²) in [5.74, 6) is 0.508. The molecule has 0 saturated carbocycles. The Balaban J connectivity index is 1.77. The van der Waals surface area contributed by atoms with Crippen LogP contribution in [0.5, 0.6) is 0 Å². The van der Waals surface area contributed by atoms with Crippen LogP contribution in [-0.2, 0) is 6.54 Å². The molecule has 1 aliphatic rings. The predicted octanol–water partition coefficient (Wildman–Crippen LogP) is 2.95. The van der Waals surface area contributed by atoms with Crippen molar-refractivity contribution in [1.82, 2.24) is 24.6 Å². The SMILES string of the molecule is CCn1nccc1-c1cnc([C@@H]2CCCN(C(C)C)C2)cn1. The van der Waals surface area contributed by atoms with Crippen molar-refractivity contribution < 1.29 is 0 Å². The fraction of sp³-hybridized carbons (Fsp3) is 0.588. The van der Waals surface area contributed by atoms with Gasteiger partial charge in [-0.2, -0.15) is 5.10 Å². The molecule has 118 valence electrons. The monoisotopic (exact) mass is 299 g/mol. The predicted molar refractivity (Wildman–Crippen MR) is 87.6 cm³/mol. The highest BCUT2D eigenvalue weighted by molar-refractivity contribution is 5.52. The van der Waals surface area contributed by atoms with E-state index in [9.17, 15) is 0 Å². The summed E-state index contributed by atoms with van der Waals surface area (Å²) in [6, 6.07) is 2.60. The number of rotatable bonds is 4. The molecule has 1 atom stereocenters. The molecular weight excluding hydrogens is 274 g/mol. The normalized spacial score (nSPS) is 19.7. The summed E-state index contributed by atoms with van der Waals surface area (Å²) < 4.78 is 1.95. The average Bonchev–Trinajstić information content (AvgIpc) is 3.04. The number of hydrogen-bond donors (Lipinski definition) is 0. The zero-order valence-corrected chi connectivity index (χ0v) is 13.7. The molecule has 3 rings (SSSR count). The second-order valence-electron chi connectivity index (χ2n) is 6.29. The Bertz CT molecular complexity index is 602. The van der Waals surface area contributed by atoms with Crippen molar-refractivity contribution in [2.75, 3.05) is 13.1 Å². The maximum Gasteiger partial charge on any atom is 0.107 e. The van der Waals surface area contributed by atoms with Crippen LogP contribution >= 0.6 is 0 Å². The Kier molecular flexibility index (Phi) is 4.52. The molecule has 2 aromatic rings. The van der Waals surface area contributed by atoms with Crippen LogP contribution in [0.15, 0.2) is 24.7 Å². The first-order chi connectivity index (χ1) is 10.7. The molecule has 0 aliphatic carbocycles. The Morgan fingerprint density at radius 3 is 2.82 bits per heavy atom. The van der Waals surface area contributed by atoms with Gasteiger partial charge in [0.25, 0.3) is 0 Å². The second kappa shape index (κ2) is 6.57. The van der Waals surface area contributed by atoms with E-state index in [4.69, 9.17) is 4.98 Å². The maximum absolute atomic E-state index is 4.70. The lowest BCUT2D eigenvalue weighted by atomic mass is 9.94. The smallest absolute Gasteiger partial charge is 0.107 e. The molecule has 3 heterocycles. The standard InChI is InChI=1S/C17H25N5/c1-4-22-17(7-8-20-22)16-11-18-15(10-19-16)14-6-5-9-21(12-14)13(2)3/h7-8,10-11,13-14H,4-6,9,12H2,1-3H3/t14-/m1/s1. The van der Waals surface area contributed by atoms with Crippen molar-refractivity contribution in [3.8, 4) is 11.4 Å². The topological polar surface area (TPSA) is 46.8 Å². The van der Waals surface area contributed by atoms with Gasteiger partial charge in [-0.05, 0) is 46.2 Å². The van der Waals surface area contributed by atoms with Gasteiger partial charge >= 0.3 is 0 Å². The molecule has 0 radical (unpaired) electrons. The van der Waals surface area contributed by atoms with Crippen LogP contribution in [0.1, 0.15) is 45.2 Å². The highest BCUT2D eigenvalue weighted by atomic mass is 15.3. The minimum Gasteiger partial charge on any atom is -0.300 e. The van der Waals surface area contributed by atoms with Crippen molar-refractivity contribution in [2.45, 2.75) is 52.1 Å². The number of likely N-dealkylation sites (tertiary alicyclic amines) is 1. The molecular formula is C17H25N5. The second-order valence-corrected chi connectivity index (χ2v) is 6.29. The van der Waals surface area contributed by atoms with Crippen LogP contribution in [0, 0.1) is 0 Å². The third kappa shape index (κ3) is 3.04. The number of aromatic nitrogens is 4. The van der Waals surface area contributed by atoms with Crippen molar-refractivity contribution in [3.63, 3.8) is 0 Å². The number of hydrogen-bond acceptors (Lipinski definition) is 4. The molecule has 5 heteroatoms. The molecule has 0 aromatic carbocycles. The molecule has 0 bridgehead atoms. The van der Waals surface area contributed by atoms with Crippen molar-refractivity contribution >= 4 is 0 Å². The molecule has 5 nitrogen and oxygen atoms in total. The van der Waals surface area contributed by atoms with Crippen molar-refractivity contribution in [1.29, 1.82) is 0 Å². The maximum atomic E-state index is 4.70. The van der Waals surface area contributed by atoms with Gasteiger partial charge in [0.2, 0.25) is 0 Å². The van der Waals surface area contributed by atoms with Gasteiger partial charge in [0.15, 0.2) is 0 Å². The summed E-state index contributed by atoms with van der Waals surface area (Å²) in [7, 11) is 0.